The van der Waals surface area contributed by atoms with Gasteiger partial charge in [0.2, 0.25) is 0 Å². The van der Waals surface area contributed by atoms with Crippen molar-refractivity contribution >= 4 is 0 Å². The number of phenols is 1. The fraction of sp³-hybridized carbons (Fsp3) is 0.455. The second-order valence-corrected chi connectivity index (χ2v) is 3.31. The van der Waals surface area contributed by atoms with Crippen LogP contribution in [-0.2, 0) is 0 Å². The first-order valence-corrected chi connectivity index (χ1v) is 5.11. The van der Waals surface area contributed by atoms with Gasteiger partial charge in [0.05, 0.1) is 6.61 Å². The van der Waals surface area contributed by atoms with Gasteiger partial charge < -0.3 is 21.3 Å². The van der Waals surface area contributed by atoms with E-state index in [4.69, 9.17) is 16.2 Å². The molecule has 0 bridgehead atoms. The molecule has 0 aromatic heterocycles. The molecule has 0 saturated heterocycles. The second-order valence-electron chi connectivity index (χ2n) is 3.31. The maximum atomic E-state index is 9.87. The maximum Gasteiger partial charge on any atom is 0.162 e. The topological polar surface area (TPSA) is 81.5 Å². The van der Waals surface area contributed by atoms with Crippen molar-refractivity contribution in [3.63, 3.8) is 0 Å². The lowest BCUT2D eigenvalue weighted by molar-refractivity contribution is 0.315. The molecule has 1 atom stereocenters. The molecular weight excluding hydrogens is 192 g/mol. The van der Waals surface area contributed by atoms with E-state index in [-0.39, 0.29) is 11.8 Å². The Morgan fingerprint density at radius 2 is 2.20 bits per heavy atom. The molecule has 15 heavy (non-hydrogen) atoms. The van der Waals surface area contributed by atoms with Crippen molar-refractivity contribution < 1.29 is 9.84 Å². The molecule has 0 heterocycles. The zero-order chi connectivity index (χ0) is 11.3. The number of rotatable bonds is 5. The van der Waals surface area contributed by atoms with Crippen LogP contribution in [0.2, 0.25) is 0 Å². The van der Waals surface area contributed by atoms with E-state index in [9.17, 15) is 5.11 Å². The van der Waals surface area contributed by atoms with Crippen LogP contribution in [0.4, 0.5) is 0 Å². The summed E-state index contributed by atoms with van der Waals surface area (Å²) in [5.41, 5.74) is 12.0. The highest BCUT2D eigenvalue weighted by molar-refractivity contribution is 5.46. The Labute approximate surface area is 89.8 Å². The molecule has 0 amide bonds. The number of phenolic OH excluding ortho intramolecular Hbond substituents is 1. The second kappa shape index (κ2) is 5.58. The van der Waals surface area contributed by atoms with Gasteiger partial charge in [0.1, 0.15) is 0 Å². The summed E-state index contributed by atoms with van der Waals surface area (Å²) < 4.78 is 5.27. The summed E-state index contributed by atoms with van der Waals surface area (Å²) in [7, 11) is 0. The van der Waals surface area contributed by atoms with E-state index in [1.54, 1.807) is 12.1 Å². The predicted octanol–water partition coefficient (Wildman–Crippen LogP) is 1.14. The molecule has 0 unspecified atom stereocenters. The van der Waals surface area contributed by atoms with Crippen molar-refractivity contribution in [1.82, 2.24) is 0 Å². The van der Waals surface area contributed by atoms with Crippen molar-refractivity contribution in [3.8, 4) is 11.5 Å². The number of para-hydroxylation sites is 1. The van der Waals surface area contributed by atoms with E-state index in [1.165, 1.54) is 0 Å². The lowest BCUT2D eigenvalue weighted by Gasteiger charge is -2.15. The number of ether oxygens (including phenoxy) is 1. The fourth-order valence-electron chi connectivity index (χ4n) is 1.45. The van der Waals surface area contributed by atoms with E-state index >= 15 is 0 Å². The van der Waals surface area contributed by atoms with Gasteiger partial charge >= 0.3 is 0 Å². The Balaban J connectivity index is 2.92. The van der Waals surface area contributed by atoms with E-state index in [0.717, 1.165) is 0 Å². The minimum atomic E-state index is -0.240. The summed E-state index contributed by atoms with van der Waals surface area (Å²) in [5.74, 6) is 0.600. The third kappa shape index (κ3) is 2.84. The number of aromatic hydroxyl groups is 1. The average molecular weight is 210 g/mol. The number of hydrogen-bond donors (Lipinski definition) is 3. The quantitative estimate of drug-likeness (QED) is 0.680. The van der Waals surface area contributed by atoms with Crippen LogP contribution < -0.4 is 16.2 Å². The minimum absolute atomic E-state index is 0.125. The monoisotopic (exact) mass is 210 g/mol. The smallest absolute Gasteiger partial charge is 0.162 e. The van der Waals surface area contributed by atoms with E-state index in [1.807, 2.05) is 13.0 Å². The third-order valence-electron chi connectivity index (χ3n) is 2.21. The van der Waals surface area contributed by atoms with Crippen LogP contribution in [0.5, 0.6) is 11.5 Å². The maximum absolute atomic E-state index is 9.87. The van der Waals surface area contributed by atoms with Gasteiger partial charge in [-0.1, -0.05) is 12.1 Å². The number of benzene rings is 1. The summed E-state index contributed by atoms with van der Waals surface area (Å²) in [4.78, 5) is 0. The molecule has 4 nitrogen and oxygen atoms in total. The van der Waals surface area contributed by atoms with Crippen molar-refractivity contribution in [2.45, 2.75) is 19.4 Å². The Bertz CT molecular complexity index is 315. The van der Waals surface area contributed by atoms with Gasteiger partial charge in [0, 0.05) is 11.6 Å². The molecule has 0 saturated carbocycles. The lowest BCUT2D eigenvalue weighted by Crippen LogP contribution is -2.15. The van der Waals surface area contributed by atoms with Gasteiger partial charge in [-0.2, -0.15) is 0 Å². The van der Waals surface area contributed by atoms with Gasteiger partial charge in [-0.05, 0) is 26.0 Å². The molecule has 1 aromatic rings. The largest absolute Gasteiger partial charge is 0.504 e. The van der Waals surface area contributed by atoms with Crippen LogP contribution in [0.3, 0.4) is 0 Å². The summed E-state index contributed by atoms with van der Waals surface area (Å²) in [6.45, 7) is 2.88. The Kier molecular flexibility index (Phi) is 4.39. The zero-order valence-corrected chi connectivity index (χ0v) is 8.94. The number of hydrogen-bond acceptors (Lipinski definition) is 4. The molecule has 0 aliphatic heterocycles. The van der Waals surface area contributed by atoms with Crippen molar-refractivity contribution in [3.05, 3.63) is 23.8 Å². The summed E-state index contributed by atoms with van der Waals surface area (Å²) in [5, 5.41) is 9.87. The van der Waals surface area contributed by atoms with Crippen LogP contribution in [0, 0.1) is 0 Å². The van der Waals surface area contributed by atoms with Crippen molar-refractivity contribution in [2.75, 3.05) is 13.2 Å². The molecule has 0 fully saturated rings. The highest BCUT2D eigenvalue weighted by Gasteiger charge is 2.13. The molecule has 84 valence electrons. The van der Waals surface area contributed by atoms with Crippen LogP contribution in [0.15, 0.2) is 18.2 Å². The normalized spacial score (nSPS) is 12.5. The first-order valence-electron chi connectivity index (χ1n) is 5.11. The van der Waals surface area contributed by atoms with Gasteiger partial charge in [0.25, 0.3) is 0 Å². The van der Waals surface area contributed by atoms with Gasteiger partial charge in [-0.15, -0.1) is 0 Å². The van der Waals surface area contributed by atoms with Crippen molar-refractivity contribution in [2.24, 2.45) is 11.5 Å². The fourth-order valence-corrected chi connectivity index (χ4v) is 1.45. The van der Waals surface area contributed by atoms with Crippen LogP contribution in [-0.4, -0.2) is 18.3 Å². The zero-order valence-electron chi connectivity index (χ0n) is 8.94. The van der Waals surface area contributed by atoms with Crippen LogP contribution >= 0.6 is 0 Å². The van der Waals surface area contributed by atoms with Crippen molar-refractivity contribution in [1.29, 1.82) is 0 Å². The summed E-state index contributed by atoms with van der Waals surface area (Å²) in [6, 6.07) is 5.09. The van der Waals surface area contributed by atoms with Gasteiger partial charge in [0.15, 0.2) is 11.5 Å². The van der Waals surface area contributed by atoms with E-state index < -0.39 is 0 Å². The number of nitrogens with two attached hydrogens (primary N) is 2. The van der Waals surface area contributed by atoms with Crippen LogP contribution in [0.1, 0.15) is 24.9 Å². The molecule has 1 aromatic carbocycles. The Morgan fingerprint density at radius 1 is 1.47 bits per heavy atom. The first-order chi connectivity index (χ1) is 7.20. The first kappa shape index (κ1) is 11.8. The third-order valence-corrected chi connectivity index (χ3v) is 2.21. The Morgan fingerprint density at radius 3 is 2.80 bits per heavy atom. The van der Waals surface area contributed by atoms with E-state index in [0.29, 0.717) is 30.9 Å². The molecular formula is C11H18N2O2. The molecule has 0 aliphatic rings. The molecule has 5 N–H and O–H groups in total. The molecule has 0 radical (unpaired) electrons. The predicted molar refractivity (Wildman–Crippen MR) is 59.9 cm³/mol. The van der Waals surface area contributed by atoms with Crippen LogP contribution in [0.25, 0.3) is 0 Å². The van der Waals surface area contributed by atoms with Gasteiger partial charge in [-0.25, -0.2) is 0 Å². The van der Waals surface area contributed by atoms with Gasteiger partial charge in [-0.3, -0.25) is 0 Å². The summed E-state index contributed by atoms with van der Waals surface area (Å²) in [6.07, 6.45) is 0.642. The highest BCUT2D eigenvalue weighted by atomic mass is 16.5. The standard InChI is InChI=1S/C11H18N2O2/c1-2-15-10-5-3-4-8(11(10)14)9(13)6-7-12/h3-5,9,14H,2,6-7,12-13H2,1H3/t9-/m0/s1. The Hall–Kier alpha value is -1.26. The van der Waals surface area contributed by atoms with E-state index in [2.05, 4.69) is 0 Å². The molecule has 4 heteroatoms. The lowest BCUT2D eigenvalue weighted by atomic mass is 10.0. The molecule has 1 rings (SSSR count). The molecule has 0 spiro atoms. The summed E-state index contributed by atoms with van der Waals surface area (Å²) >= 11 is 0. The highest BCUT2D eigenvalue weighted by Crippen LogP contribution is 2.33. The SMILES string of the molecule is CCOc1cccc([C@@H](N)CCN)c1O. The minimum Gasteiger partial charge on any atom is -0.504 e. The average Bonchev–Trinajstić information content (AvgIpc) is 2.22. The molecule has 0 aliphatic carbocycles.